The average Bonchev–Trinajstić information content (AvgIpc) is 2.38. The Morgan fingerprint density at radius 1 is 1.47 bits per heavy atom. The van der Waals surface area contributed by atoms with Gasteiger partial charge in [0.15, 0.2) is 0 Å². The molecule has 0 atom stereocenters. The van der Waals surface area contributed by atoms with Crippen molar-refractivity contribution in [2.24, 2.45) is 5.92 Å². The third kappa shape index (κ3) is 4.08. The van der Waals surface area contributed by atoms with Crippen molar-refractivity contribution in [1.82, 2.24) is 10.2 Å². The molecule has 0 saturated carbocycles. The fourth-order valence-corrected chi connectivity index (χ4v) is 1.88. The Kier molecular flexibility index (Phi) is 5.50. The molecule has 1 rings (SSSR count). The lowest BCUT2D eigenvalue weighted by molar-refractivity contribution is -0.148. The first-order valence-corrected chi connectivity index (χ1v) is 5.68. The molecule has 5 heteroatoms. The fraction of sp³-hybridized carbons (Fsp3) is 0.667. The molecule has 94 valence electrons. The van der Waals surface area contributed by atoms with Gasteiger partial charge in [0.05, 0.1) is 26.1 Å². The fourth-order valence-electron chi connectivity index (χ4n) is 1.88. The third-order valence-corrected chi connectivity index (χ3v) is 2.89. The summed E-state index contributed by atoms with van der Waals surface area (Å²) in [5.74, 6) is 2.20. The summed E-state index contributed by atoms with van der Waals surface area (Å²) < 4.78 is 4.69. The molecule has 1 fully saturated rings. The number of methoxy groups -OCH3 is 1. The normalized spacial score (nSPS) is 16.4. The summed E-state index contributed by atoms with van der Waals surface area (Å²) in [5.41, 5.74) is 0. The van der Waals surface area contributed by atoms with Gasteiger partial charge in [-0.3, -0.25) is 14.9 Å². The largest absolute Gasteiger partial charge is 0.469 e. The van der Waals surface area contributed by atoms with Gasteiger partial charge in [-0.25, -0.2) is 0 Å². The number of rotatable bonds is 4. The van der Waals surface area contributed by atoms with Crippen molar-refractivity contribution in [2.45, 2.75) is 12.8 Å². The minimum absolute atomic E-state index is 0.0311. The molecule has 1 aliphatic heterocycles. The topological polar surface area (TPSA) is 58.6 Å². The number of nitrogens with zero attached hydrogens (tertiary/aromatic N) is 1. The molecule has 1 aliphatic rings. The van der Waals surface area contributed by atoms with Gasteiger partial charge in [0, 0.05) is 13.1 Å². The number of hydrogen-bond donors (Lipinski definition) is 1. The third-order valence-electron chi connectivity index (χ3n) is 2.89. The number of amides is 1. The van der Waals surface area contributed by atoms with Crippen LogP contribution >= 0.6 is 0 Å². The molecule has 0 aromatic carbocycles. The monoisotopic (exact) mass is 238 g/mol. The van der Waals surface area contributed by atoms with Gasteiger partial charge in [0.1, 0.15) is 0 Å². The number of terminal acetylenes is 1. The number of carbonyl (C=O) groups excluding carboxylic acids is 2. The molecule has 5 nitrogen and oxygen atoms in total. The van der Waals surface area contributed by atoms with Crippen LogP contribution in [0.5, 0.6) is 0 Å². The van der Waals surface area contributed by atoms with E-state index in [2.05, 4.69) is 16.0 Å². The van der Waals surface area contributed by atoms with Crippen LogP contribution in [-0.4, -0.2) is 50.1 Å². The second-order valence-electron chi connectivity index (χ2n) is 3.99. The average molecular weight is 238 g/mol. The van der Waals surface area contributed by atoms with Crippen molar-refractivity contribution in [3.05, 3.63) is 0 Å². The van der Waals surface area contributed by atoms with E-state index in [1.807, 2.05) is 0 Å². The van der Waals surface area contributed by atoms with Crippen LogP contribution in [0, 0.1) is 18.3 Å². The van der Waals surface area contributed by atoms with Crippen LogP contribution in [0.2, 0.25) is 0 Å². The van der Waals surface area contributed by atoms with Gasteiger partial charge in [0.25, 0.3) is 0 Å². The number of esters is 1. The van der Waals surface area contributed by atoms with Crippen molar-refractivity contribution in [1.29, 1.82) is 0 Å². The summed E-state index contributed by atoms with van der Waals surface area (Å²) in [6.45, 7) is 1.87. The summed E-state index contributed by atoms with van der Waals surface area (Å²) in [5, 5.41) is 2.86. The Labute approximate surface area is 101 Å². The summed E-state index contributed by atoms with van der Waals surface area (Å²) in [6, 6.07) is 0. The summed E-state index contributed by atoms with van der Waals surface area (Å²) in [6.07, 6.45) is 6.42. The Morgan fingerprint density at radius 2 is 2.12 bits per heavy atom. The molecule has 1 amide bonds. The van der Waals surface area contributed by atoms with Gasteiger partial charge in [-0.05, 0) is 12.8 Å². The molecule has 0 radical (unpaired) electrons. The molecule has 17 heavy (non-hydrogen) atoms. The van der Waals surface area contributed by atoms with Gasteiger partial charge in [-0.1, -0.05) is 5.92 Å². The lowest BCUT2D eigenvalue weighted by Gasteiger charge is -2.30. The maximum Gasteiger partial charge on any atom is 0.308 e. The van der Waals surface area contributed by atoms with Crippen LogP contribution in [-0.2, 0) is 14.3 Å². The SMILES string of the molecule is C#CCNCC(=O)N1CCC(C(=O)OC)CC1. The van der Waals surface area contributed by atoms with Crippen molar-refractivity contribution < 1.29 is 14.3 Å². The molecule has 1 N–H and O–H groups in total. The van der Waals surface area contributed by atoms with Gasteiger partial charge in [-0.2, -0.15) is 0 Å². The van der Waals surface area contributed by atoms with E-state index in [4.69, 9.17) is 6.42 Å². The van der Waals surface area contributed by atoms with E-state index in [9.17, 15) is 9.59 Å². The molecule has 0 aromatic heterocycles. The highest BCUT2D eigenvalue weighted by Crippen LogP contribution is 2.18. The minimum Gasteiger partial charge on any atom is -0.469 e. The second-order valence-corrected chi connectivity index (χ2v) is 3.99. The second kappa shape index (κ2) is 6.92. The first-order chi connectivity index (χ1) is 8.19. The van der Waals surface area contributed by atoms with E-state index in [-0.39, 0.29) is 24.3 Å². The molecule has 0 aliphatic carbocycles. The Bertz CT molecular complexity index is 314. The predicted octanol–water partition coefficient (Wildman–Crippen LogP) is -0.379. The number of likely N-dealkylation sites (tertiary alicyclic amines) is 1. The highest BCUT2D eigenvalue weighted by Gasteiger charge is 2.27. The Hall–Kier alpha value is -1.54. The van der Waals surface area contributed by atoms with E-state index < -0.39 is 0 Å². The number of carbonyl (C=O) groups is 2. The zero-order valence-corrected chi connectivity index (χ0v) is 10.1. The molecule has 1 heterocycles. The Morgan fingerprint density at radius 3 is 2.65 bits per heavy atom. The van der Waals surface area contributed by atoms with Crippen LogP contribution < -0.4 is 5.32 Å². The van der Waals surface area contributed by atoms with E-state index in [0.29, 0.717) is 32.5 Å². The number of hydrogen-bond acceptors (Lipinski definition) is 4. The van der Waals surface area contributed by atoms with Crippen molar-refractivity contribution >= 4 is 11.9 Å². The van der Waals surface area contributed by atoms with Gasteiger partial charge >= 0.3 is 5.97 Å². The van der Waals surface area contributed by atoms with Gasteiger partial charge in [0.2, 0.25) is 5.91 Å². The first-order valence-electron chi connectivity index (χ1n) is 5.68. The summed E-state index contributed by atoms with van der Waals surface area (Å²) >= 11 is 0. The molecular weight excluding hydrogens is 220 g/mol. The lowest BCUT2D eigenvalue weighted by atomic mass is 9.97. The highest BCUT2D eigenvalue weighted by molar-refractivity contribution is 5.79. The molecule has 0 aromatic rings. The van der Waals surface area contributed by atoms with Crippen LogP contribution in [0.15, 0.2) is 0 Å². The quantitative estimate of drug-likeness (QED) is 0.412. The Balaban J connectivity index is 2.29. The minimum atomic E-state index is -0.178. The predicted molar refractivity (Wildman–Crippen MR) is 63.0 cm³/mol. The standard InChI is InChI=1S/C12H18N2O3/c1-3-6-13-9-11(15)14-7-4-10(5-8-14)12(16)17-2/h1,10,13H,4-9H2,2H3. The van der Waals surface area contributed by atoms with E-state index >= 15 is 0 Å². The number of ether oxygens (including phenoxy) is 1. The zero-order chi connectivity index (χ0) is 12.7. The highest BCUT2D eigenvalue weighted by atomic mass is 16.5. The van der Waals surface area contributed by atoms with E-state index in [1.54, 1.807) is 4.90 Å². The van der Waals surface area contributed by atoms with Crippen molar-refractivity contribution in [2.75, 3.05) is 33.3 Å². The van der Waals surface area contributed by atoms with Crippen molar-refractivity contribution in [3.63, 3.8) is 0 Å². The van der Waals surface area contributed by atoms with E-state index in [1.165, 1.54) is 7.11 Å². The molecule has 1 saturated heterocycles. The maximum absolute atomic E-state index is 11.7. The van der Waals surface area contributed by atoms with Crippen molar-refractivity contribution in [3.8, 4) is 12.3 Å². The van der Waals surface area contributed by atoms with Crippen LogP contribution in [0.3, 0.4) is 0 Å². The molecule has 0 spiro atoms. The summed E-state index contributed by atoms with van der Waals surface area (Å²) in [7, 11) is 1.39. The van der Waals surface area contributed by atoms with Gasteiger partial charge in [-0.15, -0.1) is 6.42 Å². The van der Waals surface area contributed by atoms with Gasteiger partial charge < -0.3 is 9.64 Å². The number of nitrogens with one attached hydrogen (secondary N) is 1. The first kappa shape index (κ1) is 13.5. The van der Waals surface area contributed by atoms with Crippen LogP contribution in [0.25, 0.3) is 0 Å². The zero-order valence-electron chi connectivity index (χ0n) is 10.1. The molecular formula is C12H18N2O3. The van der Waals surface area contributed by atoms with Crippen LogP contribution in [0.4, 0.5) is 0 Å². The molecule has 0 unspecified atom stereocenters. The van der Waals surface area contributed by atoms with Crippen LogP contribution in [0.1, 0.15) is 12.8 Å². The lowest BCUT2D eigenvalue weighted by Crippen LogP contribution is -2.44. The molecule has 0 bridgehead atoms. The van der Waals surface area contributed by atoms with E-state index in [0.717, 1.165) is 0 Å². The summed E-state index contributed by atoms with van der Waals surface area (Å²) in [4.78, 5) is 24.7. The maximum atomic E-state index is 11.7. The number of piperidine rings is 1. The smallest absolute Gasteiger partial charge is 0.308 e.